The van der Waals surface area contributed by atoms with Crippen molar-refractivity contribution in [1.82, 2.24) is 0 Å². The first-order valence-corrected chi connectivity index (χ1v) is 6.12. The lowest BCUT2D eigenvalue weighted by Crippen LogP contribution is -2.13. The predicted molar refractivity (Wildman–Crippen MR) is 80.4 cm³/mol. The Morgan fingerprint density at radius 1 is 1.15 bits per heavy atom. The maximum Gasteiger partial charge on any atom is 0.250 e. The quantitative estimate of drug-likeness (QED) is 0.745. The summed E-state index contributed by atoms with van der Waals surface area (Å²) in [7, 11) is 1.62. The minimum absolute atomic E-state index is 0.398. The third-order valence-electron chi connectivity index (χ3n) is 3.01. The van der Waals surface area contributed by atoms with Crippen molar-refractivity contribution in [1.29, 1.82) is 0 Å². The van der Waals surface area contributed by atoms with Crippen LogP contribution in [0.5, 0.6) is 5.75 Å². The summed E-state index contributed by atoms with van der Waals surface area (Å²) in [5.74, 6) is 0.273. The number of primary amides is 1. The van der Waals surface area contributed by atoms with Gasteiger partial charge in [0.15, 0.2) is 0 Å². The lowest BCUT2D eigenvalue weighted by atomic mass is 10.1. The van der Waals surface area contributed by atoms with Gasteiger partial charge in [-0.3, -0.25) is 4.79 Å². The topological polar surface area (TPSA) is 90.4 Å². The fourth-order valence-corrected chi connectivity index (χ4v) is 1.93. The van der Waals surface area contributed by atoms with E-state index in [-0.39, 0.29) is 0 Å². The highest BCUT2D eigenvalue weighted by molar-refractivity contribution is 6.00. The smallest absolute Gasteiger partial charge is 0.250 e. The van der Waals surface area contributed by atoms with Crippen LogP contribution in [0.3, 0.4) is 0 Å². The van der Waals surface area contributed by atoms with Gasteiger partial charge in [0, 0.05) is 11.4 Å². The molecule has 0 spiro atoms. The molecule has 5 N–H and O–H groups in total. The molecule has 0 aromatic heterocycles. The van der Waals surface area contributed by atoms with Crippen molar-refractivity contribution < 1.29 is 9.53 Å². The molecule has 104 valence electrons. The number of ether oxygens (including phenoxy) is 1. The molecule has 0 fully saturated rings. The third-order valence-corrected chi connectivity index (χ3v) is 3.01. The highest BCUT2D eigenvalue weighted by Crippen LogP contribution is 2.27. The van der Waals surface area contributed by atoms with E-state index >= 15 is 0 Å². The Labute approximate surface area is 117 Å². The van der Waals surface area contributed by atoms with E-state index in [1.54, 1.807) is 25.3 Å². The molecule has 0 bridgehead atoms. The van der Waals surface area contributed by atoms with Crippen LogP contribution >= 0.6 is 0 Å². The van der Waals surface area contributed by atoms with Gasteiger partial charge in [0.05, 0.1) is 18.4 Å². The van der Waals surface area contributed by atoms with Crippen LogP contribution in [0.2, 0.25) is 0 Å². The van der Waals surface area contributed by atoms with Crippen LogP contribution in [0, 0.1) is 6.92 Å². The molecule has 2 aromatic carbocycles. The van der Waals surface area contributed by atoms with E-state index in [1.807, 2.05) is 25.1 Å². The van der Waals surface area contributed by atoms with Gasteiger partial charge < -0.3 is 21.5 Å². The van der Waals surface area contributed by atoms with Crippen molar-refractivity contribution in [3.63, 3.8) is 0 Å². The number of carbonyl (C=O) groups excluding carboxylic acids is 1. The number of nitrogens with one attached hydrogen (secondary N) is 1. The summed E-state index contributed by atoms with van der Waals surface area (Å²) in [6, 6.07) is 10.6. The fourth-order valence-electron chi connectivity index (χ4n) is 1.93. The Morgan fingerprint density at radius 2 is 1.90 bits per heavy atom. The molecule has 0 saturated heterocycles. The number of rotatable bonds is 4. The number of hydrogen-bond donors (Lipinski definition) is 3. The van der Waals surface area contributed by atoms with Crippen LogP contribution in [0.25, 0.3) is 0 Å². The molecule has 0 saturated carbocycles. The minimum Gasteiger partial charge on any atom is -0.497 e. The van der Waals surface area contributed by atoms with Gasteiger partial charge in [0.1, 0.15) is 5.75 Å². The number of hydrogen-bond acceptors (Lipinski definition) is 4. The molecule has 0 atom stereocenters. The van der Waals surface area contributed by atoms with Gasteiger partial charge >= 0.3 is 0 Å². The SMILES string of the molecule is COc1ccc(Nc2cc(N)ccc2C(N)=O)c(C)c1. The molecule has 5 nitrogen and oxygen atoms in total. The molecule has 2 rings (SSSR count). The summed E-state index contributed by atoms with van der Waals surface area (Å²) in [4.78, 5) is 11.4. The van der Waals surface area contributed by atoms with Crippen molar-refractivity contribution in [2.75, 3.05) is 18.2 Å². The van der Waals surface area contributed by atoms with Gasteiger partial charge in [0.2, 0.25) is 0 Å². The Bertz CT molecular complexity index is 654. The Hall–Kier alpha value is -2.69. The van der Waals surface area contributed by atoms with Gasteiger partial charge in [-0.15, -0.1) is 0 Å². The normalized spacial score (nSPS) is 10.1. The number of benzene rings is 2. The molecule has 20 heavy (non-hydrogen) atoms. The maximum absolute atomic E-state index is 11.4. The zero-order valence-electron chi connectivity index (χ0n) is 11.4. The lowest BCUT2D eigenvalue weighted by molar-refractivity contribution is 0.100. The molecule has 1 amide bonds. The van der Waals surface area contributed by atoms with Crippen LogP contribution < -0.4 is 21.5 Å². The number of amides is 1. The summed E-state index contributed by atoms with van der Waals surface area (Å²) < 4.78 is 5.16. The van der Waals surface area contributed by atoms with E-state index in [0.29, 0.717) is 16.9 Å². The van der Waals surface area contributed by atoms with Crippen molar-refractivity contribution in [3.8, 4) is 5.75 Å². The summed E-state index contributed by atoms with van der Waals surface area (Å²) in [6.07, 6.45) is 0. The zero-order valence-corrected chi connectivity index (χ0v) is 11.4. The monoisotopic (exact) mass is 271 g/mol. The first kappa shape index (κ1) is 13.7. The van der Waals surface area contributed by atoms with E-state index in [9.17, 15) is 4.79 Å². The van der Waals surface area contributed by atoms with Gasteiger partial charge in [0.25, 0.3) is 5.91 Å². The molecule has 2 aromatic rings. The molecule has 0 heterocycles. The largest absolute Gasteiger partial charge is 0.497 e. The van der Waals surface area contributed by atoms with Gasteiger partial charge in [-0.05, 0) is 48.9 Å². The van der Waals surface area contributed by atoms with Crippen LogP contribution in [-0.2, 0) is 0 Å². The average Bonchev–Trinajstić information content (AvgIpc) is 2.40. The summed E-state index contributed by atoms with van der Waals surface area (Å²) in [5.41, 5.74) is 14.5. The first-order valence-electron chi connectivity index (χ1n) is 6.12. The molecular weight excluding hydrogens is 254 g/mol. The van der Waals surface area contributed by atoms with Crippen LogP contribution in [0.1, 0.15) is 15.9 Å². The Kier molecular flexibility index (Phi) is 3.79. The second kappa shape index (κ2) is 5.52. The van der Waals surface area contributed by atoms with E-state index in [2.05, 4.69) is 5.32 Å². The number of methoxy groups -OCH3 is 1. The summed E-state index contributed by atoms with van der Waals surface area (Å²) in [5, 5.41) is 3.18. The lowest BCUT2D eigenvalue weighted by Gasteiger charge is -2.14. The first-order chi connectivity index (χ1) is 9.51. The minimum atomic E-state index is -0.501. The van der Waals surface area contributed by atoms with Crippen molar-refractivity contribution >= 4 is 23.0 Å². The molecule has 0 aliphatic heterocycles. The highest BCUT2D eigenvalue weighted by atomic mass is 16.5. The van der Waals surface area contributed by atoms with E-state index in [0.717, 1.165) is 17.0 Å². The molecule has 0 radical (unpaired) electrons. The zero-order chi connectivity index (χ0) is 14.7. The van der Waals surface area contributed by atoms with Gasteiger partial charge in [-0.2, -0.15) is 0 Å². The third kappa shape index (κ3) is 2.83. The second-order valence-electron chi connectivity index (χ2n) is 4.48. The Morgan fingerprint density at radius 3 is 2.50 bits per heavy atom. The number of nitrogens with two attached hydrogens (primary N) is 2. The van der Waals surface area contributed by atoms with Gasteiger partial charge in [-0.25, -0.2) is 0 Å². The van der Waals surface area contributed by atoms with E-state index in [1.165, 1.54) is 0 Å². The summed E-state index contributed by atoms with van der Waals surface area (Å²) in [6.45, 7) is 1.95. The Balaban J connectivity index is 2.39. The molecule has 0 aliphatic carbocycles. The van der Waals surface area contributed by atoms with E-state index < -0.39 is 5.91 Å². The molecule has 0 aliphatic rings. The number of carbonyl (C=O) groups is 1. The van der Waals surface area contributed by atoms with E-state index in [4.69, 9.17) is 16.2 Å². The van der Waals surface area contributed by atoms with Crippen molar-refractivity contribution in [2.45, 2.75) is 6.92 Å². The highest BCUT2D eigenvalue weighted by Gasteiger charge is 2.10. The molecule has 0 unspecified atom stereocenters. The molecule has 5 heteroatoms. The standard InChI is InChI=1S/C15H17N3O2/c1-9-7-11(20-2)4-6-13(9)18-14-8-10(16)3-5-12(14)15(17)19/h3-8,18H,16H2,1-2H3,(H2,17,19). The fraction of sp³-hybridized carbons (Fsp3) is 0.133. The second-order valence-corrected chi connectivity index (χ2v) is 4.48. The van der Waals surface area contributed by atoms with Crippen molar-refractivity contribution in [3.05, 3.63) is 47.5 Å². The van der Waals surface area contributed by atoms with Crippen LogP contribution in [0.15, 0.2) is 36.4 Å². The maximum atomic E-state index is 11.4. The van der Waals surface area contributed by atoms with Crippen LogP contribution in [-0.4, -0.2) is 13.0 Å². The number of aryl methyl sites for hydroxylation is 1. The number of anilines is 3. The molecular formula is C15H17N3O2. The number of nitrogen functional groups attached to an aromatic ring is 1. The van der Waals surface area contributed by atoms with Gasteiger partial charge in [-0.1, -0.05) is 0 Å². The van der Waals surface area contributed by atoms with Crippen LogP contribution in [0.4, 0.5) is 17.1 Å². The summed E-state index contributed by atoms with van der Waals surface area (Å²) >= 11 is 0. The van der Waals surface area contributed by atoms with Crippen molar-refractivity contribution in [2.24, 2.45) is 5.73 Å². The average molecular weight is 271 g/mol. The predicted octanol–water partition coefficient (Wildman–Crippen LogP) is 2.43.